The van der Waals surface area contributed by atoms with E-state index in [0.29, 0.717) is 10.9 Å². The first-order valence-electron chi connectivity index (χ1n) is 7.44. The van der Waals surface area contributed by atoms with Crippen LogP contribution in [0.25, 0.3) is 22.0 Å². The molecule has 2 aromatic carbocycles. The van der Waals surface area contributed by atoms with Crippen LogP contribution in [0.5, 0.6) is 5.75 Å². The molecular weight excluding hydrogens is 322 g/mol. The SMILES string of the molecule is COC(=O)c1cc(C(=O)OC)c2ccc(-c3ccc(O)cc3)cc2n1. The molecule has 0 saturated heterocycles. The summed E-state index contributed by atoms with van der Waals surface area (Å²) >= 11 is 0. The summed E-state index contributed by atoms with van der Waals surface area (Å²) in [5.74, 6) is -1.03. The predicted octanol–water partition coefficient (Wildman–Crippen LogP) is 3.18. The molecule has 0 atom stereocenters. The van der Waals surface area contributed by atoms with Crippen LogP contribution in [0.3, 0.4) is 0 Å². The molecule has 0 amide bonds. The summed E-state index contributed by atoms with van der Waals surface area (Å²) in [5.41, 5.74) is 2.43. The van der Waals surface area contributed by atoms with Gasteiger partial charge in [-0.25, -0.2) is 14.6 Å². The lowest BCUT2D eigenvalue weighted by molar-refractivity contribution is 0.0594. The second kappa shape index (κ2) is 6.60. The van der Waals surface area contributed by atoms with E-state index in [9.17, 15) is 14.7 Å². The highest BCUT2D eigenvalue weighted by atomic mass is 16.5. The maximum absolute atomic E-state index is 12.1. The molecule has 0 bridgehead atoms. The van der Waals surface area contributed by atoms with Crippen molar-refractivity contribution in [1.82, 2.24) is 4.98 Å². The Hall–Kier alpha value is -3.41. The van der Waals surface area contributed by atoms with Gasteiger partial charge in [-0.05, 0) is 35.4 Å². The molecule has 126 valence electrons. The fraction of sp³-hybridized carbons (Fsp3) is 0.105. The maximum atomic E-state index is 12.1. The highest BCUT2D eigenvalue weighted by Gasteiger charge is 2.18. The summed E-state index contributed by atoms with van der Waals surface area (Å²) in [6.07, 6.45) is 0. The minimum absolute atomic E-state index is 0.0262. The van der Waals surface area contributed by atoms with Gasteiger partial charge in [-0.15, -0.1) is 0 Å². The Labute approximate surface area is 143 Å². The molecule has 25 heavy (non-hydrogen) atoms. The van der Waals surface area contributed by atoms with Gasteiger partial charge < -0.3 is 14.6 Å². The average Bonchev–Trinajstić information content (AvgIpc) is 2.65. The number of hydrogen-bond acceptors (Lipinski definition) is 6. The Balaban J connectivity index is 2.22. The second-order valence-electron chi connectivity index (χ2n) is 5.32. The lowest BCUT2D eigenvalue weighted by Crippen LogP contribution is -2.09. The first-order valence-corrected chi connectivity index (χ1v) is 7.44. The van der Waals surface area contributed by atoms with Gasteiger partial charge in [0, 0.05) is 5.39 Å². The maximum Gasteiger partial charge on any atom is 0.356 e. The largest absolute Gasteiger partial charge is 0.508 e. The Morgan fingerprint density at radius 2 is 1.52 bits per heavy atom. The van der Waals surface area contributed by atoms with Crippen molar-refractivity contribution in [2.45, 2.75) is 0 Å². The van der Waals surface area contributed by atoms with Gasteiger partial charge in [0.25, 0.3) is 0 Å². The smallest absolute Gasteiger partial charge is 0.356 e. The lowest BCUT2D eigenvalue weighted by Gasteiger charge is -2.09. The molecule has 1 aromatic heterocycles. The highest BCUT2D eigenvalue weighted by molar-refractivity contribution is 6.06. The van der Waals surface area contributed by atoms with E-state index < -0.39 is 11.9 Å². The number of aromatic nitrogens is 1. The van der Waals surface area contributed by atoms with Crippen molar-refractivity contribution in [3.8, 4) is 16.9 Å². The van der Waals surface area contributed by atoms with Crippen molar-refractivity contribution in [2.24, 2.45) is 0 Å². The number of hydrogen-bond donors (Lipinski definition) is 1. The zero-order valence-electron chi connectivity index (χ0n) is 13.6. The number of esters is 2. The van der Waals surface area contributed by atoms with Crippen molar-refractivity contribution < 1.29 is 24.2 Å². The first kappa shape index (κ1) is 16.4. The van der Waals surface area contributed by atoms with Crippen LogP contribution in [0.1, 0.15) is 20.8 Å². The van der Waals surface area contributed by atoms with Crippen LogP contribution in [0.4, 0.5) is 0 Å². The Kier molecular flexibility index (Phi) is 4.35. The van der Waals surface area contributed by atoms with Gasteiger partial charge in [0.05, 0.1) is 25.3 Å². The predicted molar refractivity (Wildman–Crippen MR) is 91.5 cm³/mol. The summed E-state index contributed by atoms with van der Waals surface area (Å²) in [5, 5.41) is 9.98. The van der Waals surface area contributed by atoms with E-state index in [1.807, 2.05) is 6.07 Å². The van der Waals surface area contributed by atoms with Gasteiger partial charge in [-0.3, -0.25) is 0 Å². The third kappa shape index (κ3) is 3.14. The van der Waals surface area contributed by atoms with Gasteiger partial charge in [0.2, 0.25) is 0 Å². The molecule has 0 aliphatic rings. The number of carbonyl (C=O) groups is 2. The number of methoxy groups -OCH3 is 2. The lowest BCUT2D eigenvalue weighted by atomic mass is 10.0. The molecule has 3 rings (SSSR count). The van der Waals surface area contributed by atoms with Crippen LogP contribution in [0.15, 0.2) is 48.5 Å². The molecule has 6 nitrogen and oxygen atoms in total. The number of ether oxygens (including phenoxy) is 2. The number of rotatable bonds is 3. The zero-order valence-corrected chi connectivity index (χ0v) is 13.6. The molecule has 0 radical (unpaired) electrons. The van der Waals surface area contributed by atoms with Crippen LogP contribution < -0.4 is 0 Å². The summed E-state index contributed by atoms with van der Waals surface area (Å²) in [7, 11) is 2.52. The van der Waals surface area contributed by atoms with Gasteiger partial charge >= 0.3 is 11.9 Å². The minimum Gasteiger partial charge on any atom is -0.508 e. The number of fused-ring (bicyclic) bond motifs is 1. The van der Waals surface area contributed by atoms with Crippen LogP contribution >= 0.6 is 0 Å². The number of benzene rings is 2. The number of carbonyl (C=O) groups excluding carboxylic acids is 2. The number of nitrogens with zero attached hydrogens (tertiary/aromatic N) is 1. The fourth-order valence-electron chi connectivity index (χ4n) is 2.55. The summed E-state index contributed by atoms with van der Waals surface area (Å²) < 4.78 is 9.49. The Morgan fingerprint density at radius 1 is 0.880 bits per heavy atom. The second-order valence-corrected chi connectivity index (χ2v) is 5.32. The van der Waals surface area contributed by atoms with Crippen molar-refractivity contribution in [1.29, 1.82) is 0 Å². The van der Waals surface area contributed by atoms with E-state index in [1.165, 1.54) is 20.3 Å². The average molecular weight is 337 g/mol. The van der Waals surface area contributed by atoms with Crippen molar-refractivity contribution in [3.63, 3.8) is 0 Å². The molecule has 3 aromatic rings. The molecule has 0 fully saturated rings. The first-order chi connectivity index (χ1) is 12.0. The number of phenols is 1. The minimum atomic E-state index is -0.637. The van der Waals surface area contributed by atoms with Crippen molar-refractivity contribution >= 4 is 22.8 Å². The van der Waals surface area contributed by atoms with Crippen LogP contribution in [0.2, 0.25) is 0 Å². The fourth-order valence-corrected chi connectivity index (χ4v) is 2.55. The zero-order chi connectivity index (χ0) is 18.0. The van der Waals surface area contributed by atoms with E-state index in [4.69, 9.17) is 9.47 Å². The van der Waals surface area contributed by atoms with Crippen LogP contribution in [0, 0.1) is 0 Å². The van der Waals surface area contributed by atoms with Gasteiger partial charge in [-0.1, -0.05) is 24.3 Å². The quantitative estimate of drug-likeness (QED) is 0.739. The molecule has 0 aliphatic heterocycles. The van der Waals surface area contributed by atoms with E-state index in [1.54, 1.807) is 36.4 Å². The van der Waals surface area contributed by atoms with E-state index in [0.717, 1.165) is 11.1 Å². The topological polar surface area (TPSA) is 85.7 Å². The van der Waals surface area contributed by atoms with Gasteiger partial charge in [-0.2, -0.15) is 0 Å². The third-order valence-electron chi connectivity index (χ3n) is 3.81. The molecule has 0 unspecified atom stereocenters. The Bertz CT molecular complexity index is 963. The molecule has 0 aliphatic carbocycles. The van der Waals surface area contributed by atoms with Crippen LogP contribution in [-0.2, 0) is 9.47 Å². The Morgan fingerprint density at radius 3 is 2.16 bits per heavy atom. The van der Waals surface area contributed by atoms with E-state index in [-0.39, 0.29) is 17.0 Å². The molecular formula is C19H15NO5. The molecule has 1 N–H and O–H groups in total. The molecule has 1 heterocycles. The normalized spacial score (nSPS) is 10.5. The molecule has 0 spiro atoms. The summed E-state index contributed by atoms with van der Waals surface area (Å²) in [6, 6.07) is 13.4. The van der Waals surface area contributed by atoms with Gasteiger partial charge in [0.1, 0.15) is 11.4 Å². The third-order valence-corrected chi connectivity index (χ3v) is 3.81. The summed E-state index contributed by atoms with van der Waals surface area (Å²) in [4.78, 5) is 28.2. The monoisotopic (exact) mass is 337 g/mol. The molecule has 6 heteroatoms. The number of pyridine rings is 1. The van der Waals surface area contributed by atoms with E-state index >= 15 is 0 Å². The van der Waals surface area contributed by atoms with Crippen molar-refractivity contribution in [2.75, 3.05) is 14.2 Å². The molecule has 0 saturated carbocycles. The standard InChI is InChI=1S/C19H15NO5/c1-24-18(22)15-10-17(19(23)25-2)20-16-9-12(5-8-14(15)16)11-3-6-13(21)7-4-11/h3-10,21H,1-2H3. The number of aromatic hydroxyl groups is 1. The van der Waals surface area contributed by atoms with Crippen molar-refractivity contribution in [3.05, 3.63) is 59.8 Å². The number of phenolic OH excluding ortho intramolecular Hbond substituents is 1. The van der Waals surface area contributed by atoms with Gasteiger partial charge in [0.15, 0.2) is 0 Å². The van der Waals surface area contributed by atoms with E-state index in [2.05, 4.69) is 4.98 Å². The van der Waals surface area contributed by atoms with Crippen LogP contribution in [-0.4, -0.2) is 36.2 Å². The summed E-state index contributed by atoms with van der Waals surface area (Å²) in [6.45, 7) is 0. The highest BCUT2D eigenvalue weighted by Crippen LogP contribution is 2.27.